The van der Waals surface area contributed by atoms with Gasteiger partial charge in [-0.05, 0) is 62.3 Å². The van der Waals surface area contributed by atoms with Crippen molar-refractivity contribution in [2.75, 3.05) is 35.6 Å². The molecule has 0 saturated carbocycles. The van der Waals surface area contributed by atoms with E-state index in [0.717, 1.165) is 23.4 Å². The number of aliphatic carboxylic acids is 2. The molecule has 5 amide bonds. The van der Waals surface area contributed by atoms with E-state index in [2.05, 4.69) is 35.8 Å². The molecule has 1 saturated heterocycles. The van der Waals surface area contributed by atoms with Crippen molar-refractivity contribution in [1.82, 2.24) is 34.9 Å². The third kappa shape index (κ3) is 13.2. The van der Waals surface area contributed by atoms with E-state index in [0.29, 0.717) is 5.57 Å². The average molecular weight is 883 g/mol. The molecular formula is C34H50N12O12S2. The van der Waals surface area contributed by atoms with E-state index in [4.69, 9.17) is 35.7 Å². The molecule has 2 aromatic rings. The van der Waals surface area contributed by atoms with Gasteiger partial charge in [0.05, 0.1) is 7.05 Å². The minimum atomic E-state index is -1.65. The van der Waals surface area contributed by atoms with Gasteiger partial charge in [-0.2, -0.15) is 9.36 Å². The number of carboxylic acid groups (broad SMARTS) is 2. The second-order valence-corrected chi connectivity index (χ2v) is 17.4. The van der Waals surface area contributed by atoms with Crippen LogP contribution in [0.1, 0.15) is 68.1 Å². The molecule has 2 aromatic heterocycles. The van der Waals surface area contributed by atoms with Crippen LogP contribution < -0.4 is 42.5 Å². The smallest absolute Gasteiger partial charge is 0.407 e. The van der Waals surface area contributed by atoms with Crippen LogP contribution in [0.25, 0.3) is 0 Å². The van der Waals surface area contributed by atoms with Crippen molar-refractivity contribution < 1.29 is 62.8 Å². The Morgan fingerprint density at radius 3 is 2.18 bits per heavy atom. The van der Waals surface area contributed by atoms with Crippen LogP contribution >= 0.6 is 23.3 Å². The third-order valence-electron chi connectivity index (χ3n) is 7.63. The molecule has 0 radical (unpaired) electrons. The number of carboxylic acids is 2. The predicted molar refractivity (Wildman–Crippen MR) is 214 cm³/mol. The van der Waals surface area contributed by atoms with Crippen molar-refractivity contribution >= 4 is 87.5 Å². The molecule has 0 aromatic carbocycles. The number of hydrogen-bond donors (Lipinski definition) is 7. The number of alkyl carbamates (subject to hydrolysis) is 1. The van der Waals surface area contributed by atoms with Crippen molar-refractivity contribution in [2.24, 2.45) is 12.2 Å². The van der Waals surface area contributed by atoms with E-state index in [1.165, 1.54) is 36.5 Å². The van der Waals surface area contributed by atoms with Gasteiger partial charge >= 0.3 is 24.1 Å². The molecule has 24 nitrogen and oxygen atoms in total. The van der Waals surface area contributed by atoms with Crippen LogP contribution in [0.15, 0.2) is 22.6 Å². The van der Waals surface area contributed by atoms with Gasteiger partial charge in [-0.15, -0.1) is 21.1 Å². The number of amides is 5. The summed E-state index contributed by atoms with van der Waals surface area (Å²) in [4.78, 5) is 96.1. The molecule has 4 heterocycles. The minimum Gasteiger partial charge on any atom is -0.550 e. The number of β-lactam (4-membered cyclic amide) rings is 1. The second-order valence-electron chi connectivity index (χ2n) is 15.5. The highest BCUT2D eigenvalue weighted by Gasteiger charge is 2.55. The predicted octanol–water partition coefficient (Wildman–Crippen LogP) is -0.989. The normalized spacial score (nSPS) is 16.6. The fraction of sp³-hybridized carbons (Fsp3) is 0.559. The number of nitrogens with two attached hydrogens (primary N) is 2. The van der Waals surface area contributed by atoms with E-state index in [1.807, 2.05) is 0 Å². The lowest BCUT2D eigenvalue weighted by atomic mass is 10.0. The standard InChI is InChI=1S/C32H46N12O10S2.C2H4O2/c1-30(2,3)52-26(49)32(7,8)54-40-17(21-39-27(34)56-41-21)22(45)38-18-23(46)44-19(25(47)48)15(14-55-24(18)44)12-43-13-16(20(33)42(43)9)37-28(50)35-10-11-36-29(51)53-31(4,5)6;1-2(3)4/h13,18,24,33H,10-12,14H2,1-9H3,(H7,34,35,36,37,38,39,41,45,47,48,50,51);1H3,(H,3,4)/t18-,24-;/m1./s1. The van der Waals surface area contributed by atoms with Gasteiger partial charge in [0.15, 0.2) is 23.2 Å². The Bertz CT molecular complexity index is 2060. The van der Waals surface area contributed by atoms with Crippen LogP contribution in [0.5, 0.6) is 0 Å². The van der Waals surface area contributed by atoms with Crippen molar-refractivity contribution in [2.45, 2.75) is 97.1 Å². The molecule has 60 heavy (non-hydrogen) atoms. The first-order valence-corrected chi connectivity index (χ1v) is 19.8. The molecule has 0 bridgehead atoms. The summed E-state index contributed by atoms with van der Waals surface area (Å²) >= 11 is 1.99. The zero-order chi connectivity index (χ0) is 45.5. The number of carbonyl (C=O) groups excluding carboxylic acids is 6. The molecule has 2 atom stereocenters. The lowest BCUT2D eigenvalue weighted by Gasteiger charge is -2.49. The number of ether oxygens (including phenoxy) is 2. The third-order valence-corrected chi connectivity index (χ3v) is 9.51. The zero-order valence-corrected chi connectivity index (χ0v) is 36.3. The number of oxime groups is 1. The number of hydrogen-bond acceptors (Lipinski definition) is 18. The Labute approximate surface area is 352 Å². The molecule has 9 N–H and O–H groups in total. The monoisotopic (exact) mass is 882 g/mol. The summed E-state index contributed by atoms with van der Waals surface area (Å²) in [6, 6.07) is -1.78. The number of esters is 1. The van der Waals surface area contributed by atoms with Gasteiger partial charge in [0.2, 0.25) is 23.3 Å². The zero-order valence-electron chi connectivity index (χ0n) is 34.7. The molecule has 1 fully saturated rings. The van der Waals surface area contributed by atoms with Crippen LogP contribution in [0, 0.1) is 0 Å². The molecular weight excluding hydrogens is 833 g/mol. The maximum Gasteiger partial charge on any atom is 0.407 e. The molecule has 2 aliphatic heterocycles. The first-order valence-electron chi connectivity index (χ1n) is 18.0. The Morgan fingerprint density at radius 1 is 1.03 bits per heavy atom. The lowest BCUT2D eigenvalue weighted by Crippen LogP contribution is -2.71. The van der Waals surface area contributed by atoms with Gasteiger partial charge in [0.1, 0.15) is 28.3 Å². The lowest BCUT2D eigenvalue weighted by molar-refractivity contribution is -0.765. The summed E-state index contributed by atoms with van der Waals surface area (Å²) < 4.78 is 17.6. The maximum absolute atomic E-state index is 13.6. The van der Waals surface area contributed by atoms with Crippen molar-refractivity contribution in [3.8, 4) is 0 Å². The maximum atomic E-state index is 13.6. The number of rotatable bonds is 13. The fourth-order valence-electron chi connectivity index (χ4n) is 5.01. The Kier molecular flexibility index (Phi) is 15.5. The summed E-state index contributed by atoms with van der Waals surface area (Å²) in [6.45, 7) is 14.1. The van der Waals surface area contributed by atoms with E-state index >= 15 is 0 Å². The second kappa shape index (κ2) is 19.3. The molecule has 4 rings (SSSR count). The van der Waals surface area contributed by atoms with E-state index < -0.39 is 75.8 Å². The highest BCUT2D eigenvalue weighted by atomic mass is 32.2. The Balaban J connectivity index is 0.00000229. The van der Waals surface area contributed by atoms with Crippen molar-refractivity contribution in [3.05, 3.63) is 23.3 Å². The molecule has 0 spiro atoms. The molecule has 0 unspecified atom stereocenters. The van der Waals surface area contributed by atoms with Gasteiger partial charge in [0.25, 0.3) is 11.8 Å². The van der Waals surface area contributed by atoms with E-state index in [1.54, 1.807) is 53.3 Å². The van der Waals surface area contributed by atoms with Gasteiger partial charge in [-0.3, -0.25) is 19.8 Å². The molecule has 330 valence electrons. The quantitative estimate of drug-likeness (QED) is 0.0317. The van der Waals surface area contributed by atoms with Gasteiger partial charge < -0.3 is 56.7 Å². The minimum absolute atomic E-state index is 0.0121. The number of nitrogens with one attached hydrogen (secondary N) is 4. The van der Waals surface area contributed by atoms with Crippen LogP contribution in [-0.4, -0.2) is 119 Å². The largest absolute Gasteiger partial charge is 0.550 e. The van der Waals surface area contributed by atoms with Gasteiger partial charge in [0, 0.05) is 41.9 Å². The number of fused-ring (bicyclic) bond motifs is 1. The van der Waals surface area contributed by atoms with Crippen LogP contribution in [0.2, 0.25) is 0 Å². The number of urea groups is 1. The number of anilines is 3. The first-order chi connectivity index (χ1) is 27.6. The summed E-state index contributed by atoms with van der Waals surface area (Å²) in [7, 11) is 1.60. The SMILES string of the molecule is CC(=O)[O-].Cn1c(N)c(NC(=O)NCCNC(=O)OC(C)(C)C)c[n+]1CC1=C(C(=O)O)N2C(=O)[C@@H](NC(=O)C(=NOC(C)(C)C(=O)OC(C)(C)C)c3nsc(N)n3)[C@H]2SC1. The number of nitrogen functional groups attached to an aromatic ring is 2. The van der Waals surface area contributed by atoms with E-state index in [-0.39, 0.29) is 53.5 Å². The van der Waals surface area contributed by atoms with Crippen LogP contribution in [0.4, 0.5) is 26.2 Å². The Morgan fingerprint density at radius 2 is 1.63 bits per heavy atom. The highest BCUT2D eigenvalue weighted by Crippen LogP contribution is 2.40. The molecule has 2 aliphatic rings. The van der Waals surface area contributed by atoms with Crippen molar-refractivity contribution in [3.63, 3.8) is 0 Å². The van der Waals surface area contributed by atoms with Crippen LogP contribution in [-0.2, 0) is 51.9 Å². The number of thioether (sulfide) groups is 1. The fourth-order valence-corrected chi connectivity index (χ4v) is 6.78. The van der Waals surface area contributed by atoms with Gasteiger partial charge in [-0.25, -0.2) is 19.2 Å². The summed E-state index contributed by atoms with van der Waals surface area (Å²) in [5.74, 6) is -4.78. The average Bonchev–Trinajstić information content (AvgIpc) is 3.64. The molecule has 26 heteroatoms. The highest BCUT2D eigenvalue weighted by molar-refractivity contribution is 8.00. The summed E-state index contributed by atoms with van der Waals surface area (Å²) in [5.41, 5.74) is 8.64. The molecule has 0 aliphatic carbocycles. The number of carbonyl (C=O) groups is 7. The first kappa shape index (κ1) is 48.2. The number of aromatic nitrogens is 4. The number of nitrogens with zero attached hydrogens (tertiary/aromatic N) is 6. The summed E-state index contributed by atoms with van der Waals surface area (Å²) in [6.07, 6.45) is 0.877. The Hall–Kier alpha value is -6.18. The van der Waals surface area contributed by atoms with Gasteiger partial charge in [-0.1, -0.05) is 5.16 Å². The topological polar surface area (TPSA) is 341 Å². The van der Waals surface area contributed by atoms with Crippen LogP contribution in [0.3, 0.4) is 0 Å². The van der Waals surface area contributed by atoms with Crippen molar-refractivity contribution in [1.29, 1.82) is 0 Å². The summed E-state index contributed by atoms with van der Waals surface area (Å²) in [5, 5.41) is 32.5. The van der Waals surface area contributed by atoms with E-state index in [9.17, 15) is 33.9 Å².